The van der Waals surface area contributed by atoms with Crippen LogP contribution in [0.1, 0.15) is 26.2 Å². The van der Waals surface area contributed by atoms with Crippen molar-refractivity contribution in [3.8, 4) is 0 Å². The third kappa shape index (κ3) is 2.59. The molecule has 0 bridgehead atoms. The first-order valence-corrected chi connectivity index (χ1v) is 5.90. The van der Waals surface area contributed by atoms with Gasteiger partial charge in [0.25, 0.3) is 0 Å². The van der Waals surface area contributed by atoms with E-state index in [1.54, 1.807) is 6.20 Å². The summed E-state index contributed by atoms with van der Waals surface area (Å²) in [6.07, 6.45) is 5.66. The van der Waals surface area contributed by atoms with Gasteiger partial charge in [0.15, 0.2) is 5.15 Å². The number of aromatic nitrogens is 2. The van der Waals surface area contributed by atoms with Crippen LogP contribution in [0.5, 0.6) is 0 Å². The van der Waals surface area contributed by atoms with Crippen LogP contribution in [0.3, 0.4) is 0 Å². The lowest BCUT2D eigenvalue weighted by atomic mass is 9.95. The molecule has 1 aliphatic rings. The first-order valence-electron chi connectivity index (χ1n) is 5.52. The molecule has 0 aliphatic carbocycles. The van der Waals surface area contributed by atoms with Crippen molar-refractivity contribution in [3.05, 3.63) is 17.4 Å². The Morgan fingerprint density at radius 3 is 3.20 bits per heavy atom. The van der Waals surface area contributed by atoms with Crippen LogP contribution in [0.25, 0.3) is 0 Å². The molecule has 1 saturated heterocycles. The van der Waals surface area contributed by atoms with E-state index >= 15 is 0 Å². The van der Waals surface area contributed by atoms with Gasteiger partial charge in [-0.1, -0.05) is 24.9 Å². The highest BCUT2D eigenvalue weighted by atomic mass is 35.5. The van der Waals surface area contributed by atoms with Gasteiger partial charge in [0.05, 0.1) is 11.9 Å². The fourth-order valence-electron chi connectivity index (χ4n) is 2.14. The van der Waals surface area contributed by atoms with Crippen molar-refractivity contribution in [2.45, 2.75) is 26.2 Å². The van der Waals surface area contributed by atoms with Gasteiger partial charge in [0.2, 0.25) is 0 Å². The second kappa shape index (κ2) is 4.79. The molecular weight excluding hydrogens is 210 g/mol. The molecule has 0 radical (unpaired) electrons. The minimum absolute atomic E-state index is 0.478. The lowest BCUT2D eigenvalue weighted by molar-refractivity contribution is 0.404. The standard InChI is InChI=1S/C11H16ClN3/c1-2-9-4-3-5-15(8-9)10-6-11(12)14-13-7-10/h6-7,9H,2-5,8H2,1H3. The molecule has 3 nitrogen and oxygen atoms in total. The van der Waals surface area contributed by atoms with Crippen LogP contribution >= 0.6 is 11.6 Å². The third-order valence-electron chi connectivity index (χ3n) is 3.07. The van der Waals surface area contributed by atoms with E-state index in [4.69, 9.17) is 11.6 Å². The number of rotatable bonds is 2. The molecule has 4 heteroatoms. The van der Waals surface area contributed by atoms with Crippen molar-refractivity contribution in [3.63, 3.8) is 0 Å². The SMILES string of the molecule is CCC1CCCN(c2cnnc(Cl)c2)C1. The molecule has 1 aliphatic heterocycles. The molecular formula is C11H16ClN3. The molecule has 2 rings (SSSR count). The van der Waals surface area contributed by atoms with Gasteiger partial charge in [-0.15, -0.1) is 5.10 Å². The van der Waals surface area contributed by atoms with Gasteiger partial charge >= 0.3 is 0 Å². The number of piperidine rings is 1. The number of nitrogens with zero attached hydrogens (tertiary/aromatic N) is 3. The summed E-state index contributed by atoms with van der Waals surface area (Å²) >= 11 is 5.83. The van der Waals surface area contributed by atoms with Crippen molar-refractivity contribution < 1.29 is 0 Å². The summed E-state index contributed by atoms with van der Waals surface area (Å²) in [5.74, 6) is 0.811. The molecule has 0 amide bonds. The van der Waals surface area contributed by atoms with E-state index in [1.807, 2.05) is 6.07 Å². The van der Waals surface area contributed by atoms with Gasteiger partial charge in [0, 0.05) is 19.2 Å². The van der Waals surface area contributed by atoms with E-state index in [0.29, 0.717) is 5.15 Å². The van der Waals surface area contributed by atoms with Gasteiger partial charge in [-0.25, -0.2) is 0 Å². The summed E-state index contributed by atoms with van der Waals surface area (Å²) in [6, 6.07) is 1.90. The minimum atomic E-state index is 0.478. The van der Waals surface area contributed by atoms with Gasteiger partial charge in [-0.3, -0.25) is 0 Å². The fraction of sp³-hybridized carbons (Fsp3) is 0.636. The van der Waals surface area contributed by atoms with Crippen molar-refractivity contribution in [1.29, 1.82) is 0 Å². The average molecular weight is 226 g/mol. The molecule has 82 valence electrons. The average Bonchev–Trinajstić information content (AvgIpc) is 2.29. The van der Waals surface area contributed by atoms with Gasteiger partial charge in [-0.05, 0) is 18.8 Å². The van der Waals surface area contributed by atoms with E-state index in [2.05, 4.69) is 22.0 Å². The van der Waals surface area contributed by atoms with Crippen LogP contribution in [0.4, 0.5) is 5.69 Å². The van der Waals surface area contributed by atoms with E-state index < -0.39 is 0 Å². The van der Waals surface area contributed by atoms with Crippen LogP contribution < -0.4 is 4.90 Å². The van der Waals surface area contributed by atoms with E-state index in [0.717, 1.165) is 24.7 Å². The van der Waals surface area contributed by atoms with Crippen LogP contribution in [-0.4, -0.2) is 23.3 Å². The Kier molecular flexibility index (Phi) is 3.41. The molecule has 1 aromatic heterocycles. The first-order chi connectivity index (χ1) is 7.29. The van der Waals surface area contributed by atoms with Gasteiger partial charge in [-0.2, -0.15) is 5.10 Å². The number of hydrogen-bond acceptors (Lipinski definition) is 3. The number of halogens is 1. The smallest absolute Gasteiger partial charge is 0.153 e. The van der Waals surface area contributed by atoms with Crippen LogP contribution in [0, 0.1) is 5.92 Å². The molecule has 1 unspecified atom stereocenters. The van der Waals surface area contributed by atoms with Crippen LogP contribution in [0.2, 0.25) is 5.15 Å². The van der Waals surface area contributed by atoms with E-state index in [9.17, 15) is 0 Å². The molecule has 1 atom stereocenters. The molecule has 0 N–H and O–H groups in total. The molecule has 15 heavy (non-hydrogen) atoms. The molecule has 2 heterocycles. The van der Waals surface area contributed by atoms with Gasteiger partial charge in [0.1, 0.15) is 0 Å². The van der Waals surface area contributed by atoms with Crippen molar-refractivity contribution >= 4 is 17.3 Å². The maximum Gasteiger partial charge on any atom is 0.153 e. The normalized spacial score (nSPS) is 21.7. The fourth-order valence-corrected chi connectivity index (χ4v) is 2.29. The summed E-state index contributed by atoms with van der Waals surface area (Å²) in [5, 5.41) is 8.13. The lowest BCUT2D eigenvalue weighted by Gasteiger charge is -2.33. The monoisotopic (exact) mass is 225 g/mol. The van der Waals surface area contributed by atoms with Gasteiger partial charge < -0.3 is 4.90 Å². The first kappa shape index (κ1) is 10.7. The minimum Gasteiger partial charge on any atom is -0.370 e. The zero-order valence-corrected chi connectivity index (χ0v) is 9.74. The Hall–Kier alpha value is -0.830. The van der Waals surface area contributed by atoms with Crippen molar-refractivity contribution in [1.82, 2.24) is 10.2 Å². The predicted molar refractivity (Wildman–Crippen MR) is 62.3 cm³/mol. The highest BCUT2D eigenvalue weighted by Gasteiger charge is 2.18. The second-order valence-electron chi connectivity index (χ2n) is 4.10. The summed E-state index contributed by atoms with van der Waals surface area (Å²) in [4.78, 5) is 2.36. The summed E-state index contributed by atoms with van der Waals surface area (Å²) < 4.78 is 0. The van der Waals surface area contributed by atoms with E-state index in [-0.39, 0.29) is 0 Å². The molecule has 0 aromatic carbocycles. The predicted octanol–water partition coefficient (Wildman–Crippen LogP) is 2.76. The van der Waals surface area contributed by atoms with Crippen LogP contribution in [-0.2, 0) is 0 Å². The zero-order valence-electron chi connectivity index (χ0n) is 8.99. The van der Waals surface area contributed by atoms with Crippen molar-refractivity contribution in [2.24, 2.45) is 5.92 Å². The topological polar surface area (TPSA) is 29.0 Å². The number of anilines is 1. The largest absolute Gasteiger partial charge is 0.370 e. The Balaban J connectivity index is 2.09. The Morgan fingerprint density at radius 1 is 1.60 bits per heavy atom. The zero-order chi connectivity index (χ0) is 10.7. The molecule has 0 spiro atoms. The lowest BCUT2D eigenvalue weighted by Crippen LogP contribution is -2.35. The van der Waals surface area contributed by atoms with E-state index in [1.165, 1.54) is 19.3 Å². The summed E-state index contributed by atoms with van der Waals surface area (Å²) in [7, 11) is 0. The Labute approximate surface area is 95.5 Å². The molecule has 0 saturated carbocycles. The Bertz CT molecular complexity index is 329. The van der Waals surface area contributed by atoms with Crippen LogP contribution in [0.15, 0.2) is 12.3 Å². The highest BCUT2D eigenvalue weighted by molar-refractivity contribution is 6.29. The molecule has 1 aromatic rings. The molecule has 1 fully saturated rings. The Morgan fingerprint density at radius 2 is 2.47 bits per heavy atom. The maximum atomic E-state index is 5.83. The highest BCUT2D eigenvalue weighted by Crippen LogP contribution is 2.25. The summed E-state index contributed by atoms with van der Waals surface area (Å²) in [6.45, 7) is 4.49. The summed E-state index contributed by atoms with van der Waals surface area (Å²) in [5.41, 5.74) is 1.10. The quantitative estimate of drug-likeness (QED) is 0.775. The maximum absolute atomic E-state index is 5.83. The number of hydrogen-bond donors (Lipinski definition) is 0. The van der Waals surface area contributed by atoms with Crippen molar-refractivity contribution in [2.75, 3.05) is 18.0 Å². The second-order valence-corrected chi connectivity index (χ2v) is 4.49. The third-order valence-corrected chi connectivity index (χ3v) is 3.26.